The second-order valence-electron chi connectivity index (χ2n) is 5.69. The Labute approximate surface area is 139 Å². The fourth-order valence-electron chi connectivity index (χ4n) is 2.37. The SMILES string of the molecule is CN(CCc1cccs1)c1ccc(CNC2CC2)cc1Br. The zero-order chi connectivity index (χ0) is 14.7. The van der Waals surface area contributed by atoms with E-state index in [4.69, 9.17) is 0 Å². The summed E-state index contributed by atoms with van der Waals surface area (Å²) in [7, 11) is 2.16. The van der Waals surface area contributed by atoms with Gasteiger partial charge in [-0.05, 0) is 64.3 Å². The number of hydrogen-bond donors (Lipinski definition) is 1. The van der Waals surface area contributed by atoms with Crippen LogP contribution in [0.25, 0.3) is 0 Å². The van der Waals surface area contributed by atoms with Crippen molar-refractivity contribution in [3.63, 3.8) is 0 Å². The average Bonchev–Trinajstić information content (AvgIpc) is 3.16. The van der Waals surface area contributed by atoms with Crippen molar-refractivity contribution in [2.45, 2.75) is 31.8 Å². The molecule has 112 valence electrons. The third-order valence-electron chi connectivity index (χ3n) is 3.87. The second-order valence-corrected chi connectivity index (χ2v) is 7.58. The molecule has 0 bridgehead atoms. The highest BCUT2D eigenvalue weighted by Crippen LogP contribution is 2.27. The Morgan fingerprint density at radius 3 is 2.86 bits per heavy atom. The summed E-state index contributed by atoms with van der Waals surface area (Å²) in [6.45, 7) is 2.02. The molecule has 1 fully saturated rings. The lowest BCUT2D eigenvalue weighted by Gasteiger charge is -2.21. The molecule has 2 nitrogen and oxygen atoms in total. The smallest absolute Gasteiger partial charge is 0.0508 e. The van der Waals surface area contributed by atoms with Gasteiger partial charge in [-0.1, -0.05) is 12.1 Å². The first-order valence-electron chi connectivity index (χ1n) is 7.48. The van der Waals surface area contributed by atoms with Gasteiger partial charge in [0.1, 0.15) is 0 Å². The summed E-state index contributed by atoms with van der Waals surface area (Å²) < 4.78 is 1.19. The van der Waals surface area contributed by atoms with Gasteiger partial charge in [0.2, 0.25) is 0 Å². The number of benzene rings is 1. The number of nitrogens with zero attached hydrogens (tertiary/aromatic N) is 1. The highest BCUT2D eigenvalue weighted by Gasteiger charge is 2.20. The van der Waals surface area contributed by atoms with Crippen molar-refractivity contribution in [1.29, 1.82) is 0 Å². The minimum absolute atomic E-state index is 0.761. The van der Waals surface area contributed by atoms with E-state index in [1.165, 1.54) is 33.4 Å². The van der Waals surface area contributed by atoms with Crippen LogP contribution in [0.2, 0.25) is 0 Å². The molecule has 1 aliphatic rings. The van der Waals surface area contributed by atoms with E-state index in [9.17, 15) is 0 Å². The van der Waals surface area contributed by atoms with Crippen molar-refractivity contribution >= 4 is 33.0 Å². The molecule has 2 aromatic rings. The zero-order valence-corrected chi connectivity index (χ0v) is 14.7. The van der Waals surface area contributed by atoms with Crippen LogP contribution in [0.4, 0.5) is 5.69 Å². The van der Waals surface area contributed by atoms with Gasteiger partial charge in [-0.15, -0.1) is 11.3 Å². The molecule has 4 heteroatoms. The summed E-state index contributed by atoms with van der Waals surface area (Å²) in [4.78, 5) is 3.77. The first kappa shape index (κ1) is 15.1. The van der Waals surface area contributed by atoms with Gasteiger partial charge >= 0.3 is 0 Å². The fourth-order valence-corrected chi connectivity index (χ4v) is 3.80. The Morgan fingerprint density at radius 2 is 2.19 bits per heavy atom. The van der Waals surface area contributed by atoms with Crippen LogP contribution >= 0.6 is 27.3 Å². The Bertz CT molecular complexity index is 578. The lowest BCUT2D eigenvalue weighted by molar-refractivity contribution is 0.687. The van der Waals surface area contributed by atoms with Gasteiger partial charge in [-0.2, -0.15) is 0 Å². The molecule has 3 rings (SSSR count). The highest BCUT2D eigenvalue weighted by molar-refractivity contribution is 9.10. The topological polar surface area (TPSA) is 15.3 Å². The molecule has 0 aliphatic heterocycles. The van der Waals surface area contributed by atoms with E-state index in [2.05, 4.69) is 68.9 Å². The lowest BCUT2D eigenvalue weighted by Crippen LogP contribution is -2.21. The van der Waals surface area contributed by atoms with E-state index in [1.54, 1.807) is 0 Å². The van der Waals surface area contributed by atoms with Crippen molar-refractivity contribution < 1.29 is 0 Å². The van der Waals surface area contributed by atoms with E-state index in [0.29, 0.717) is 0 Å². The molecule has 0 amide bonds. The van der Waals surface area contributed by atoms with E-state index >= 15 is 0 Å². The standard InChI is InChI=1S/C17H21BrN2S/c1-20(9-8-15-3-2-10-21-15)17-7-4-13(11-16(17)18)12-19-14-5-6-14/h2-4,7,10-11,14,19H,5-6,8-9,12H2,1H3. The van der Waals surface area contributed by atoms with E-state index < -0.39 is 0 Å². The molecule has 0 radical (unpaired) electrons. The lowest BCUT2D eigenvalue weighted by atomic mass is 10.2. The van der Waals surface area contributed by atoms with Crippen molar-refractivity contribution in [2.24, 2.45) is 0 Å². The monoisotopic (exact) mass is 364 g/mol. The van der Waals surface area contributed by atoms with Crippen LogP contribution in [-0.4, -0.2) is 19.6 Å². The quantitative estimate of drug-likeness (QED) is 0.780. The molecule has 1 aromatic carbocycles. The van der Waals surface area contributed by atoms with Crippen molar-refractivity contribution in [2.75, 3.05) is 18.5 Å². The van der Waals surface area contributed by atoms with Crippen LogP contribution in [0, 0.1) is 0 Å². The first-order valence-corrected chi connectivity index (χ1v) is 9.15. The average molecular weight is 365 g/mol. The van der Waals surface area contributed by atoms with E-state index in [-0.39, 0.29) is 0 Å². The van der Waals surface area contributed by atoms with Gasteiger partial charge in [-0.25, -0.2) is 0 Å². The molecule has 1 heterocycles. The third-order valence-corrected chi connectivity index (χ3v) is 5.44. The molecule has 21 heavy (non-hydrogen) atoms. The molecule has 1 saturated carbocycles. The van der Waals surface area contributed by atoms with Gasteiger partial charge in [0.15, 0.2) is 0 Å². The molecule has 1 aromatic heterocycles. The predicted octanol–water partition coefficient (Wildman–Crippen LogP) is 4.44. The van der Waals surface area contributed by atoms with Gasteiger partial charge < -0.3 is 10.2 Å². The second kappa shape index (κ2) is 6.95. The maximum absolute atomic E-state index is 3.72. The summed E-state index contributed by atoms with van der Waals surface area (Å²) >= 11 is 5.56. The number of halogens is 1. The Balaban J connectivity index is 1.58. The zero-order valence-electron chi connectivity index (χ0n) is 12.3. The number of thiophene rings is 1. The van der Waals surface area contributed by atoms with Crippen molar-refractivity contribution in [1.82, 2.24) is 5.32 Å². The number of hydrogen-bond acceptors (Lipinski definition) is 3. The molecule has 1 N–H and O–H groups in total. The number of nitrogens with one attached hydrogen (secondary N) is 1. The van der Waals surface area contributed by atoms with Gasteiger partial charge in [0.25, 0.3) is 0 Å². The molecule has 1 aliphatic carbocycles. The summed E-state index contributed by atoms with van der Waals surface area (Å²) in [5.41, 5.74) is 2.62. The Hall–Kier alpha value is -0.840. The highest BCUT2D eigenvalue weighted by atomic mass is 79.9. The van der Waals surface area contributed by atoms with Crippen LogP contribution in [0.5, 0.6) is 0 Å². The molecule has 0 unspecified atom stereocenters. The van der Waals surface area contributed by atoms with Gasteiger partial charge in [0.05, 0.1) is 5.69 Å². The Kier molecular flexibility index (Phi) is 4.99. The maximum Gasteiger partial charge on any atom is 0.0508 e. The predicted molar refractivity (Wildman–Crippen MR) is 95.3 cm³/mol. The summed E-state index contributed by atoms with van der Waals surface area (Å²) in [6, 6.07) is 11.8. The number of rotatable bonds is 7. The van der Waals surface area contributed by atoms with Crippen LogP contribution < -0.4 is 10.2 Å². The molecular weight excluding hydrogens is 344 g/mol. The maximum atomic E-state index is 3.72. The van der Waals surface area contributed by atoms with E-state index in [0.717, 1.165) is 25.6 Å². The minimum atomic E-state index is 0.761. The molecule has 0 spiro atoms. The van der Waals surface area contributed by atoms with Crippen molar-refractivity contribution in [3.8, 4) is 0 Å². The molecule has 0 saturated heterocycles. The van der Waals surface area contributed by atoms with E-state index in [1.807, 2.05) is 11.3 Å². The molecule has 0 atom stereocenters. The minimum Gasteiger partial charge on any atom is -0.373 e. The van der Waals surface area contributed by atoms with Crippen LogP contribution in [0.15, 0.2) is 40.2 Å². The van der Waals surface area contributed by atoms with Crippen LogP contribution in [-0.2, 0) is 13.0 Å². The number of anilines is 1. The molecular formula is C17H21BrN2S. The van der Waals surface area contributed by atoms with Gasteiger partial charge in [0, 0.05) is 35.5 Å². The number of likely N-dealkylation sites (N-methyl/N-ethyl adjacent to an activating group) is 1. The summed E-state index contributed by atoms with van der Waals surface area (Å²) in [5, 5.41) is 5.71. The van der Waals surface area contributed by atoms with Crippen molar-refractivity contribution in [3.05, 3.63) is 50.6 Å². The largest absolute Gasteiger partial charge is 0.373 e. The normalized spacial score (nSPS) is 14.4. The Morgan fingerprint density at radius 1 is 1.33 bits per heavy atom. The van der Waals surface area contributed by atoms with Crippen LogP contribution in [0.3, 0.4) is 0 Å². The third kappa shape index (κ3) is 4.31. The van der Waals surface area contributed by atoms with Crippen LogP contribution in [0.1, 0.15) is 23.3 Å². The van der Waals surface area contributed by atoms with Gasteiger partial charge in [-0.3, -0.25) is 0 Å². The first-order chi connectivity index (χ1) is 10.2. The summed E-state index contributed by atoms with van der Waals surface area (Å²) in [5.74, 6) is 0. The fraction of sp³-hybridized carbons (Fsp3) is 0.412. The summed E-state index contributed by atoms with van der Waals surface area (Å²) in [6.07, 6.45) is 3.78.